The van der Waals surface area contributed by atoms with Crippen molar-refractivity contribution in [1.82, 2.24) is 19.7 Å². The number of para-hydroxylation sites is 1. The molecule has 0 amide bonds. The van der Waals surface area contributed by atoms with Gasteiger partial charge in [-0.05, 0) is 36.1 Å². The van der Waals surface area contributed by atoms with Crippen molar-refractivity contribution in [2.24, 2.45) is 0 Å². The summed E-state index contributed by atoms with van der Waals surface area (Å²) in [6.07, 6.45) is 0. The van der Waals surface area contributed by atoms with Crippen LogP contribution in [0.4, 0.5) is 0 Å². The minimum Gasteiger partial charge on any atom is -0.338 e. The highest BCUT2D eigenvalue weighted by molar-refractivity contribution is 7.98. The second kappa shape index (κ2) is 8.49. The van der Waals surface area contributed by atoms with E-state index >= 15 is 0 Å². The summed E-state index contributed by atoms with van der Waals surface area (Å²) in [5, 5.41) is 7.27. The van der Waals surface area contributed by atoms with Crippen molar-refractivity contribution in [2.75, 3.05) is 0 Å². The van der Waals surface area contributed by atoms with Crippen LogP contribution in [-0.2, 0) is 5.75 Å². The molecule has 3 aromatic heterocycles. The molecule has 0 saturated heterocycles. The fraction of sp³-hybridized carbons (Fsp3) is 0.130. The number of thiophene rings is 1. The van der Waals surface area contributed by atoms with E-state index < -0.39 is 0 Å². The van der Waals surface area contributed by atoms with Gasteiger partial charge in [-0.1, -0.05) is 65.4 Å². The predicted molar refractivity (Wildman–Crippen MR) is 123 cm³/mol. The lowest BCUT2D eigenvalue weighted by molar-refractivity contribution is 0.391. The monoisotopic (exact) mass is 446 g/mol. The van der Waals surface area contributed by atoms with Crippen molar-refractivity contribution in [3.8, 4) is 10.7 Å². The minimum absolute atomic E-state index is 0.0609. The smallest absolute Gasteiger partial charge is 0.262 e. The van der Waals surface area contributed by atoms with Crippen LogP contribution in [0, 0.1) is 0 Å². The van der Waals surface area contributed by atoms with Gasteiger partial charge in [-0.3, -0.25) is 9.36 Å². The van der Waals surface area contributed by atoms with Crippen molar-refractivity contribution >= 4 is 34.0 Å². The molecular weight excluding hydrogens is 428 g/mol. The number of rotatable bonds is 6. The van der Waals surface area contributed by atoms with Crippen LogP contribution in [-0.4, -0.2) is 19.7 Å². The topological polar surface area (TPSA) is 73.8 Å². The van der Waals surface area contributed by atoms with Gasteiger partial charge in [0.05, 0.1) is 27.6 Å². The third kappa shape index (κ3) is 3.92. The SMILES string of the molecule is CC(c1ccccc1)n1c(SCc2nc(-c3cccs3)no2)nc2ccccc2c1=O. The van der Waals surface area contributed by atoms with Crippen LogP contribution in [0.5, 0.6) is 0 Å². The number of thioether (sulfide) groups is 1. The summed E-state index contributed by atoms with van der Waals surface area (Å²) in [6, 6.07) is 21.1. The van der Waals surface area contributed by atoms with Gasteiger partial charge in [-0.2, -0.15) is 4.98 Å². The zero-order valence-electron chi connectivity index (χ0n) is 16.6. The molecule has 0 saturated carbocycles. The van der Waals surface area contributed by atoms with Crippen molar-refractivity contribution in [1.29, 1.82) is 0 Å². The summed E-state index contributed by atoms with van der Waals surface area (Å²) in [5.41, 5.74) is 1.66. The van der Waals surface area contributed by atoms with E-state index in [1.807, 2.05) is 79.0 Å². The van der Waals surface area contributed by atoms with Crippen LogP contribution in [0.1, 0.15) is 24.4 Å². The molecule has 0 fully saturated rings. The first-order chi connectivity index (χ1) is 15.2. The second-order valence-corrected chi connectivity index (χ2v) is 8.84. The molecule has 0 radical (unpaired) electrons. The Morgan fingerprint density at radius 1 is 1.03 bits per heavy atom. The summed E-state index contributed by atoms with van der Waals surface area (Å²) in [4.78, 5) is 23.6. The molecule has 0 bridgehead atoms. The maximum absolute atomic E-state index is 13.4. The number of benzene rings is 2. The molecule has 0 aliphatic heterocycles. The number of hydrogen-bond acceptors (Lipinski definition) is 7. The van der Waals surface area contributed by atoms with Crippen LogP contribution < -0.4 is 5.56 Å². The molecule has 0 aliphatic carbocycles. The second-order valence-electron chi connectivity index (χ2n) is 6.95. The van der Waals surface area contributed by atoms with Gasteiger partial charge < -0.3 is 4.52 Å². The molecule has 0 spiro atoms. The summed E-state index contributed by atoms with van der Waals surface area (Å²) in [5.74, 6) is 1.49. The molecule has 0 aliphatic rings. The highest BCUT2D eigenvalue weighted by Gasteiger charge is 2.19. The van der Waals surface area contributed by atoms with Gasteiger partial charge in [0.1, 0.15) is 0 Å². The predicted octanol–water partition coefficient (Wildman–Crippen LogP) is 5.41. The van der Waals surface area contributed by atoms with E-state index in [4.69, 9.17) is 9.51 Å². The highest BCUT2D eigenvalue weighted by atomic mass is 32.2. The first-order valence-electron chi connectivity index (χ1n) is 9.76. The zero-order chi connectivity index (χ0) is 21.2. The van der Waals surface area contributed by atoms with Crippen LogP contribution in [0.15, 0.2) is 86.6 Å². The number of hydrogen-bond donors (Lipinski definition) is 0. The van der Waals surface area contributed by atoms with Gasteiger partial charge in [0.25, 0.3) is 5.56 Å². The summed E-state index contributed by atoms with van der Waals surface area (Å²) in [6.45, 7) is 2.01. The first-order valence-corrected chi connectivity index (χ1v) is 11.6. The molecule has 3 heterocycles. The van der Waals surface area contributed by atoms with Crippen molar-refractivity contribution in [2.45, 2.75) is 23.9 Å². The molecule has 31 heavy (non-hydrogen) atoms. The molecule has 0 N–H and O–H groups in total. The maximum atomic E-state index is 13.4. The summed E-state index contributed by atoms with van der Waals surface area (Å²) >= 11 is 2.98. The van der Waals surface area contributed by atoms with Crippen molar-refractivity contribution in [3.05, 3.63) is 93.9 Å². The fourth-order valence-corrected chi connectivity index (χ4v) is 4.96. The fourth-order valence-electron chi connectivity index (χ4n) is 3.40. The van der Waals surface area contributed by atoms with Gasteiger partial charge in [-0.15, -0.1) is 11.3 Å². The molecule has 6 nitrogen and oxygen atoms in total. The van der Waals surface area contributed by atoms with Crippen molar-refractivity contribution < 1.29 is 4.52 Å². The van der Waals surface area contributed by atoms with Crippen LogP contribution in [0.3, 0.4) is 0 Å². The molecule has 2 aromatic carbocycles. The maximum Gasteiger partial charge on any atom is 0.262 e. The molecular formula is C23H18N4O2S2. The Kier molecular flexibility index (Phi) is 5.40. The number of fused-ring (bicyclic) bond motifs is 1. The highest BCUT2D eigenvalue weighted by Crippen LogP contribution is 2.28. The van der Waals surface area contributed by atoms with Gasteiger partial charge in [0.15, 0.2) is 5.16 Å². The Hall–Kier alpha value is -3.23. The van der Waals surface area contributed by atoms with Crippen LogP contribution in [0.25, 0.3) is 21.6 Å². The average Bonchev–Trinajstić information content (AvgIpc) is 3.50. The third-order valence-corrected chi connectivity index (χ3v) is 6.78. The van der Waals surface area contributed by atoms with E-state index in [0.717, 1.165) is 10.4 Å². The van der Waals surface area contributed by atoms with Crippen LogP contribution in [0.2, 0.25) is 0 Å². The zero-order valence-corrected chi connectivity index (χ0v) is 18.3. The van der Waals surface area contributed by atoms with E-state index in [1.54, 1.807) is 15.9 Å². The van der Waals surface area contributed by atoms with Crippen molar-refractivity contribution in [3.63, 3.8) is 0 Å². The summed E-state index contributed by atoms with van der Waals surface area (Å²) in [7, 11) is 0. The number of nitrogens with zero attached hydrogens (tertiary/aromatic N) is 4. The first kappa shape index (κ1) is 19.7. The standard InChI is InChI=1S/C23H18N4O2S2/c1-15(16-8-3-2-4-9-16)27-22(28)17-10-5-6-11-18(17)24-23(27)31-14-20-25-21(26-29-20)19-12-7-13-30-19/h2-13,15H,14H2,1H3. The van der Waals surface area contributed by atoms with Crippen LogP contribution >= 0.6 is 23.1 Å². The van der Waals surface area contributed by atoms with E-state index in [0.29, 0.717) is 33.5 Å². The Bertz CT molecular complexity index is 1380. The van der Waals surface area contributed by atoms with E-state index in [9.17, 15) is 4.79 Å². The van der Waals surface area contributed by atoms with Gasteiger partial charge >= 0.3 is 0 Å². The molecule has 1 atom stereocenters. The van der Waals surface area contributed by atoms with Gasteiger partial charge in [0.2, 0.25) is 11.7 Å². The summed E-state index contributed by atoms with van der Waals surface area (Å²) < 4.78 is 7.17. The number of aromatic nitrogens is 4. The molecule has 5 aromatic rings. The van der Waals surface area contributed by atoms with Gasteiger partial charge in [0, 0.05) is 0 Å². The Labute approximate surface area is 186 Å². The molecule has 1 unspecified atom stereocenters. The third-order valence-electron chi connectivity index (χ3n) is 4.98. The molecule has 8 heteroatoms. The van der Waals surface area contributed by atoms with Gasteiger partial charge in [-0.25, -0.2) is 4.98 Å². The quantitative estimate of drug-likeness (QED) is 0.256. The molecule has 154 valence electrons. The Balaban J connectivity index is 1.52. The Morgan fingerprint density at radius 3 is 2.65 bits per heavy atom. The van der Waals surface area contributed by atoms with E-state index in [-0.39, 0.29) is 11.6 Å². The lowest BCUT2D eigenvalue weighted by Crippen LogP contribution is -2.27. The minimum atomic E-state index is -0.169. The largest absolute Gasteiger partial charge is 0.338 e. The van der Waals surface area contributed by atoms with E-state index in [2.05, 4.69) is 10.1 Å². The average molecular weight is 447 g/mol. The molecule has 5 rings (SSSR count). The lowest BCUT2D eigenvalue weighted by Gasteiger charge is -2.19. The Morgan fingerprint density at radius 2 is 1.84 bits per heavy atom. The van der Waals surface area contributed by atoms with E-state index in [1.165, 1.54) is 11.8 Å². The lowest BCUT2D eigenvalue weighted by atomic mass is 10.1. The normalized spacial score (nSPS) is 12.3.